The molecule has 3 rings (SSSR count). The van der Waals surface area contributed by atoms with Gasteiger partial charge in [0.25, 0.3) is 0 Å². The Labute approximate surface area is 242 Å². The molecule has 0 atom stereocenters. The van der Waals surface area contributed by atoms with Crippen LogP contribution in [0.4, 0.5) is 0 Å². The molecule has 0 amide bonds. The number of halogens is 9. The summed E-state index contributed by atoms with van der Waals surface area (Å²) in [5.74, 6) is 0. The molecular weight excluding hydrogens is 630 g/mol. The zero-order valence-corrected chi connectivity index (χ0v) is 23.6. The van der Waals surface area contributed by atoms with Gasteiger partial charge >= 0.3 is 7.32 Å². The van der Waals surface area contributed by atoms with E-state index in [9.17, 15) is 0 Å². The van der Waals surface area contributed by atoms with Crippen molar-refractivity contribution in [3.63, 3.8) is 0 Å². The number of hydrogen-bond acceptors (Lipinski definition) is 3. The van der Waals surface area contributed by atoms with E-state index in [0.717, 1.165) is 0 Å². The summed E-state index contributed by atoms with van der Waals surface area (Å²) in [6.45, 7) is 0.0137. The average molecular weight is 642 g/mol. The van der Waals surface area contributed by atoms with Crippen LogP contribution in [0.2, 0.25) is 45.2 Å². The summed E-state index contributed by atoms with van der Waals surface area (Å²) in [7, 11) is -1.17. The molecule has 0 aliphatic carbocycles. The van der Waals surface area contributed by atoms with E-state index in [1.807, 2.05) is 0 Å². The summed E-state index contributed by atoms with van der Waals surface area (Å²) in [4.78, 5) is 0. The van der Waals surface area contributed by atoms with Crippen molar-refractivity contribution in [3.8, 4) is 0 Å². The SMILES string of the molecule is Clc1ccc(COB(OCc2ccc(Cl)c(Cl)c2Cl)OCc2ccc(Cl)c(Cl)c2Cl)c(Cl)c1Cl. The average Bonchev–Trinajstić information content (AvgIpc) is 2.82. The van der Waals surface area contributed by atoms with E-state index < -0.39 is 7.32 Å². The van der Waals surface area contributed by atoms with Gasteiger partial charge < -0.3 is 14.0 Å². The highest BCUT2D eigenvalue weighted by Gasteiger charge is 2.25. The molecule has 3 nitrogen and oxygen atoms in total. The minimum Gasteiger partial charge on any atom is -0.382 e. The second-order valence-corrected chi connectivity index (χ2v) is 10.2. The van der Waals surface area contributed by atoms with Crippen LogP contribution in [-0.4, -0.2) is 7.32 Å². The fraction of sp³-hybridized carbons (Fsp3) is 0.143. The van der Waals surface area contributed by atoms with Gasteiger partial charge in [-0.2, -0.15) is 0 Å². The number of rotatable bonds is 9. The molecule has 0 saturated carbocycles. The number of hydrogen-bond donors (Lipinski definition) is 0. The van der Waals surface area contributed by atoms with E-state index in [-0.39, 0.29) is 50.0 Å². The van der Waals surface area contributed by atoms with E-state index in [1.165, 1.54) is 0 Å². The Kier molecular flexibility index (Phi) is 11.1. The van der Waals surface area contributed by atoms with Gasteiger partial charge in [0.15, 0.2) is 0 Å². The maximum absolute atomic E-state index is 6.27. The first-order valence-electron chi connectivity index (χ1n) is 9.32. The third-order valence-corrected chi connectivity index (χ3v) is 8.47. The molecule has 0 heterocycles. The molecule has 0 fully saturated rings. The van der Waals surface area contributed by atoms with Crippen LogP contribution < -0.4 is 0 Å². The van der Waals surface area contributed by atoms with Gasteiger partial charge in [0.05, 0.1) is 65.0 Å². The topological polar surface area (TPSA) is 27.7 Å². The Bertz CT molecular complexity index is 1050. The van der Waals surface area contributed by atoms with E-state index in [0.29, 0.717) is 31.8 Å². The van der Waals surface area contributed by atoms with Crippen LogP contribution >= 0.6 is 104 Å². The summed E-state index contributed by atoms with van der Waals surface area (Å²) in [5, 5.41) is 2.39. The summed E-state index contributed by atoms with van der Waals surface area (Å²) < 4.78 is 17.4. The Morgan fingerprint density at radius 3 is 0.941 bits per heavy atom. The first-order valence-corrected chi connectivity index (χ1v) is 12.7. The molecule has 0 saturated heterocycles. The van der Waals surface area contributed by atoms with E-state index in [2.05, 4.69) is 0 Å². The molecule has 0 aromatic heterocycles. The third kappa shape index (κ3) is 7.16. The normalized spacial score (nSPS) is 11.2. The van der Waals surface area contributed by atoms with Gasteiger partial charge in [0, 0.05) is 0 Å². The summed E-state index contributed by atoms with van der Waals surface area (Å²) in [5.41, 5.74) is 1.73. The lowest BCUT2D eigenvalue weighted by molar-refractivity contribution is 0.0767. The molecule has 180 valence electrons. The monoisotopic (exact) mass is 638 g/mol. The van der Waals surface area contributed by atoms with Crippen LogP contribution in [0.3, 0.4) is 0 Å². The highest BCUT2D eigenvalue weighted by atomic mass is 35.5. The summed E-state index contributed by atoms with van der Waals surface area (Å²) in [6.07, 6.45) is 0. The zero-order chi connectivity index (χ0) is 25.0. The fourth-order valence-electron chi connectivity index (χ4n) is 2.65. The van der Waals surface area contributed by atoms with Crippen molar-refractivity contribution in [3.05, 3.63) is 98.3 Å². The van der Waals surface area contributed by atoms with E-state index >= 15 is 0 Å². The van der Waals surface area contributed by atoms with Gasteiger partial charge in [0.2, 0.25) is 0 Å². The molecule has 0 unspecified atom stereocenters. The van der Waals surface area contributed by atoms with Crippen LogP contribution in [0.1, 0.15) is 16.7 Å². The second-order valence-electron chi connectivity index (χ2n) is 6.73. The lowest BCUT2D eigenvalue weighted by Gasteiger charge is -2.17. The molecule has 0 radical (unpaired) electrons. The van der Waals surface area contributed by atoms with Gasteiger partial charge in [-0.15, -0.1) is 0 Å². The van der Waals surface area contributed by atoms with Crippen molar-refractivity contribution in [2.24, 2.45) is 0 Å². The van der Waals surface area contributed by atoms with Crippen molar-refractivity contribution >= 4 is 112 Å². The highest BCUT2D eigenvalue weighted by Crippen LogP contribution is 2.35. The quantitative estimate of drug-likeness (QED) is 0.172. The standard InChI is InChI=1S/C21H12BCl9O3/c23-13-4-1-10(16(26)19(13)29)7-32-22(33-8-11-2-5-14(24)20(30)17(11)27)34-9-12-3-6-15(25)21(31)18(12)28/h1-6H,7-9H2. The maximum Gasteiger partial charge on any atom is 0.640 e. The fourth-order valence-corrected chi connectivity index (χ4v) is 4.48. The number of benzene rings is 3. The second kappa shape index (κ2) is 13.1. The van der Waals surface area contributed by atoms with Crippen molar-refractivity contribution in [2.75, 3.05) is 0 Å². The third-order valence-electron chi connectivity index (χ3n) is 4.47. The zero-order valence-electron chi connectivity index (χ0n) is 16.8. The Hall–Kier alpha value is 0.215. The summed E-state index contributed by atoms with van der Waals surface area (Å²) in [6, 6.07) is 9.86. The minimum atomic E-state index is -1.17. The van der Waals surface area contributed by atoms with Gasteiger partial charge in [-0.1, -0.05) is 123 Å². The first kappa shape index (κ1) is 28.8. The van der Waals surface area contributed by atoms with Gasteiger partial charge in [-0.25, -0.2) is 0 Å². The van der Waals surface area contributed by atoms with E-state index in [4.69, 9.17) is 118 Å². The summed E-state index contributed by atoms with van der Waals surface area (Å²) >= 11 is 55.1. The van der Waals surface area contributed by atoms with Crippen LogP contribution in [-0.2, 0) is 33.8 Å². The Morgan fingerprint density at radius 1 is 0.412 bits per heavy atom. The van der Waals surface area contributed by atoms with Crippen molar-refractivity contribution in [1.82, 2.24) is 0 Å². The maximum atomic E-state index is 6.27. The van der Waals surface area contributed by atoms with Crippen LogP contribution in [0.15, 0.2) is 36.4 Å². The molecule has 0 bridgehead atoms. The Balaban J connectivity index is 1.76. The first-order chi connectivity index (χ1) is 16.1. The lowest BCUT2D eigenvalue weighted by atomic mass is 10.1. The van der Waals surface area contributed by atoms with Gasteiger partial charge in [-0.05, 0) is 34.9 Å². The largest absolute Gasteiger partial charge is 0.640 e. The molecule has 0 N–H and O–H groups in total. The van der Waals surface area contributed by atoms with Gasteiger partial charge in [-0.3, -0.25) is 0 Å². The predicted molar refractivity (Wildman–Crippen MR) is 145 cm³/mol. The molecule has 3 aromatic carbocycles. The predicted octanol–water partition coefficient (Wildman–Crippen LogP) is 10.5. The molecule has 0 aliphatic heterocycles. The highest BCUT2D eigenvalue weighted by molar-refractivity contribution is 6.49. The molecule has 34 heavy (non-hydrogen) atoms. The molecule has 13 heteroatoms. The van der Waals surface area contributed by atoms with Crippen LogP contribution in [0.5, 0.6) is 0 Å². The van der Waals surface area contributed by atoms with E-state index in [1.54, 1.807) is 36.4 Å². The molecule has 3 aromatic rings. The van der Waals surface area contributed by atoms with Crippen LogP contribution in [0, 0.1) is 0 Å². The molecule has 0 spiro atoms. The molecule has 0 aliphatic rings. The van der Waals surface area contributed by atoms with Gasteiger partial charge in [0.1, 0.15) is 0 Å². The lowest BCUT2D eigenvalue weighted by Crippen LogP contribution is -2.27. The van der Waals surface area contributed by atoms with Crippen LogP contribution in [0.25, 0.3) is 0 Å². The van der Waals surface area contributed by atoms with Crippen molar-refractivity contribution in [1.29, 1.82) is 0 Å². The Morgan fingerprint density at radius 2 is 0.676 bits per heavy atom. The molecular formula is C21H12BCl9O3. The van der Waals surface area contributed by atoms with Crippen molar-refractivity contribution < 1.29 is 14.0 Å². The smallest absolute Gasteiger partial charge is 0.382 e. The minimum absolute atomic E-state index is 0.00456. The van der Waals surface area contributed by atoms with Crippen molar-refractivity contribution in [2.45, 2.75) is 19.8 Å².